The Hall–Kier alpha value is -2.66. The second-order valence-electron chi connectivity index (χ2n) is 5.70. The van der Waals surface area contributed by atoms with Crippen molar-refractivity contribution in [1.29, 1.82) is 0 Å². The van der Waals surface area contributed by atoms with Crippen LogP contribution < -0.4 is 4.74 Å². The number of thiol groups is 1. The van der Waals surface area contributed by atoms with Crippen molar-refractivity contribution in [2.75, 3.05) is 7.11 Å². The highest BCUT2D eigenvalue weighted by Gasteiger charge is 2.13. The van der Waals surface area contributed by atoms with E-state index in [0.717, 1.165) is 33.1 Å². The third-order valence-corrected chi connectivity index (χ3v) is 4.36. The zero-order chi connectivity index (χ0) is 16.8. The molecule has 3 aromatic carbocycles. The molecule has 4 rings (SSSR count). The number of ether oxygens (including phenoxy) is 1. The number of carbonyl (C=O) groups is 1. The van der Waals surface area contributed by atoms with Gasteiger partial charge in [-0.25, -0.2) is 9.97 Å². The topological polar surface area (TPSA) is 52.1 Å². The van der Waals surface area contributed by atoms with E-state index < -0.39 is 0 Å². The quantitative estimate of drug-likeness (QED) is 0.337. The zero-order valence-corrected chi connectivity index (χ0v) is 14.1. The van der Waals surface area contributed by atoms with E-state index in [1.54, 1.807) is 13.2 Å². The van der Waals surface area contributed by atoms with Crippen molar-refractivity contribution in [1.82, 2.24) is 9.97 Å². The van der Waals surface area contributed by atoms with Crippen molar-refractivity contribution < 1.29 is 9.53 Å². The normalized spacial score (nSPS) is 11.3. The van der Waals surface area contributed by atoms with Gasteiger partial charge in [0.2, 0.25) is 5.12 Å². The summed E-state index contributed by atoms with van der Waals surface area (Å²) in [5.41, 5.74) is 4.23. The number of hydrogen-bond donors (Lipinski definition) is 1. The van der Waals surface area contributed by atoms with Gasteiger partial charge in [-0.15, -0.1) is 12.6 Å². The second kappa shape index (κ2) is 5.46. The van der Waals surface area contributed by atoms with E-state index in [0.29, 0.717) is 16.6 Å². The van der Waals surface area contributed by atoms with Gasteiger partial charge in [-0.05, 0) is 42.8 Å². The fraction of sp³-hybridized carbons (Fsp3) is 0.105. The van der Waals surface area contributed by atoms with Crippen LogP contribution in [0, 0.1) is 6.92 Å². The molecule has 4 nitrogen and oxygen atoms in total. The van der Waals surface area contributed by atoms with Gasteiger partial charge in [-0.3, -0.25) is 4.79 Å². The molecular weight excluding hydrogens is 320 g/mol. The summed E-state index contributed by atoms with van der Waals surface area (Å²) >= 11 is 3.98. The van der Waals surface area contributed by atoms with Gasteiger partial charge in [0.25, 0.3) is 0 Å². The van der Waals surface area contributed by atoms with Crippen LogP contribution in [0.15, 0.2) is 42.5 Å². The highest BCUT2D eigenvalue weighted by Crippen LogP contribution is 2.31. The number of fused-ring (bicyclic) bond motifs is 4. The number of hydrogen-bond acceptors (Lipinski definition) is 4. The van der Waals surface area contributed by atoms with Gasteiger partial charge in [0.1, 0.15) is 11.3 Å². The third kappa shape index (κ3) is 2.20. The first kappa shape index (κ1) is 14.9. The minimum atomic E-state index is -0.310. The molecule has 0 amide bonds. The van der Waals surface area contributed by atoms with Crippen LogP contribution in [0.25, 0.3) is 32.8 Å². The standard InChI is InChI=1S/C19H14N2O2S/c1-10-8-13(19(22)24)18-15(9-10)20-14-7-6-11-12(17(14)21-18)4-3-5-16(11)23-2/h3-9H,1-2H3,(H,22,24). The molecule has 0 N–H and O–H groups in total. The molecule has 0 fully saturated rings. The summed E-state index contributed by atoms with van der Waals surface area (Å²) in [5.74, 6) is 0.783. The molecule has 5 heteroatoms. The molecule has 0 aliphatic carbocycles. The highest BCUT2D eigenvalue weighted by molar-refractivity contribution is 7.97. The molecular formula is C19H14N2O2S. The van der Waals surface area contributed by atoms with E-state index in [-0.39, 0.29) is 5.12 Å². The number of aromatic nitrogens is 2. The average Bonchev–Trinajstić information content (AvgIpc) is 2.58. The molecule has 0 saturated carbocycles. The number of aryl methyl sites for hydroxylation is 1. The van der Waals surface area contributed by atoms with Gasteiger partial charge in [-0.2, -0.15) is 0 Å². The predicted molar refractivity (Wildman–Crippen MR) is 99.2 cm³/mol. The molecule has 0 aliphatic heterocycles. The molecule has 0 saturated heterocycles. The molecule has 24 heavy (non-hydrogen) atoms. The van der Waals surface area contributed by atoms with Crippen LogP contribution in [0.5, 0.6) is 5.75 Å². The fourth-order valence-electron chi connectivity index (χ4n) is 3.05. The molecule has 0 unspecified atom stereocenters. The number of nitrogens with zero attached hydrogens (tertiary/aromatic N) is 2. The van der Waals surface area contributed by atoms with Crippen LogP contribution in [0.3, 0.4) is 0 Å². The summed E-state index contributed by atoms with van der Waals surface area (Å²) in [6, 6.07) is 13.5. The Morgan fingerprint density at radius 1 is 1.00 bits per heavy atom. The predicted octanol–water partition coefficient (Wildman–Crippen LogP) is 4.32. The van der Waals surface area contributed by atoms with Crippen molar-refractivity contribution in [2.24, 2.45) is 0 Å². The van der Waals surface area contributed by atoms with E-state index in [2.05, 4.69) is 12.6 Å². The minimum absolute atomic E-state index is 0.310. The molecule has 0 spiro atoms. The van der Waals surface area contributed by atoms with Gasteiger partial charge >= 0.3 is 0 Å². The van der Waals surface area contributed by atoms with Gasteiger partial charge in [0.15, 0.2) is 0 Å². The number of carbonyl (C=O) groups excluding carboxylic acids is 1. The smallest absolute Gasteiger partial charge is 0.218 e. The molecule has 0 bridgehead atoms. The summed E-state index contributed by atoms with van der Waals surface area (Å²) in [7, 11) is 1.64. The lowest BCUT2D eigenvalue weighted by Crippen LogP contribution is -1.98. The van der Waals surface area contributed by atoms with Crippen molar-refractivity contribution in [3.8, 4) is 5.75 Å². The highest BCUT2D eigenvalue weighted by atomic mass is 32.1. The lowest BCUT2D eigenvalue weighted by molar-refractivity contribution is 0.109. The molecule has 1 aromatic heterocycles. The molecule has 0 radical (unpaired) electrons. The van der Waals surface area contributed by atoms with Crippen LogP contribution in [-0.4, -0.2) is 22.2 Å². The Balaban J connectivity index is 2.19. The van der Waals surface area contributed by atoms with Gasteiger partial charge < -0.3 is 4.74 Å². The van der Waals surface area contributed by atoms with Crippen LogP contribution in [0.1, 0.15) is 15.9 Å². The molecule has 118 valence electrons. The summed E-state index contributed by atoms with van der Waals surface area (Å²) in [6.45, 7) is 1.93. The molecule has 1 heterocycles. The summed E-state index contributed by atoms with van der Waals surface area (Å²) < 4.78 is 5.43. The van der Waals surface area contributed by atoms with Crippen LogP contribution >= 0.6 is 12.6 Å². The fourth-order valence-corrected chi connectivity index (χ4v) is 3.22. The lowest BCUT2D eigenvalue weighted by atomic mass is 10.1. The maximum Gasteiger partial charge on any atom is 0.218 e. The first-order valence-electron chi connectivity index (χ1n) is 7.49. The van der Waals surface area contributed by atoms with Crippen molar-refractivity contribution in [3.05, 3.63) is 53.6 Å². The van der Waals surface area contributed by atoms with E-state index in [9.17, 15) is 4.79 Å². The zero-order valence-electron chi connectivity index (χ0n) is 13.2. The number of rotatable bonds is 2. The monoisotopic (exact) mass is 334 g/mol. The third-order valence-electron chi connectivity index (χ3n) is 4.12. The van der Waals surface area contributed by atoms with Crippen molar-refractivity contribution in [2.45, 2.75) is 6.92 Å². The summed E-state index contributed by atoms with van der Waals surface area (Å²) in [4.78, 5) is 21.3. The Kier molecular flexibility index (Phi) is 3.39. The number of methoxy groups -OCH3 is 1. The SMILES string of the molecule is COc1cccc2c1ccc1nc3cc(C)cc(C(=O)S)c3nc12. The summed E-state index contributed by atoms with van der Waals surface area (Å²) in [5, 5.41) is 1.60. The minimum Gasteiger partial charge on any atom is -0.496 e. The summed E-state index contributed by atoms with van der Waals surface area (Å²) in [6.07, 6.45) is 0. The largest absolute Gasteiger partial charge is 0.496 e. The van der Waals surface area contributed by atoms with Crippen LogP contribution in [0.4, 0.5) is 0 Å². The van der Waals surface area contributed by atoms with Crippen molar-refractivity contribution in [3.63, 3.8) is 0 Å². The molecule has 4 aromatic rings. The second-order valence-corrected chi connectivity index (χ2v) is 6.10. The first-order chi connectivity index (χ1) is 11.6. The van der Waals surface area contributed by atoms with E-state index in [4.69, 9.17) is 14.7 Å². The van der Waals surface area contributed by atoms with E-state index >= 15 is 0 Å². The van der Waals surface area contributed by atoms with Gasteiger partial charge in [0.05, 0.1) is 29.2 Å². The van der Waals surface area contributed by atoms with E-state index in [1.807, 2.05) is 43.3 Å². The Morgan fingerprint density at radius 2 is 1.83 bits per heavy atom. The van der Waals surface area contributed by atoms with Gasteiger partial charge in [-0.1, -0.05) is 12.1 Å². The maximum absolute atomic E-state index is 11.9. The van der Waals surface area contributed by atoms with E-state index in [1.165, 1.54) is 0 Å². The van der Waals surface area contributed by atoms with Crippen LogP contribution in [0.2, 0.25) is 0 Å². The Bertz CT molecular complexity index is 1140. The number of benzene rings is 3. The molecule has 0 aliphatic rings. The lowest BCUT2D eigenvalue weighted by Gasteiger charge is -2.10. The van der Waals surface area contributed by atoms with Crippen LogP contribution in [-0.2, 0) is 0 Å². The Labute approximate surface area is 143 Å². The molecule has 0 atom stereocenters. The van der Waals surface area contributed by atoms with Crippen molar-refractivity contribution >= 4 is 50.6 Å². The van der Waals surface area contributed by atoms with Gasteiger partial charge in [0, 0.05) is 10.8 Å². The Morgan fingerprint density at radius 3 is 2.58 bits per heavy atom. The first-order valence-corrected chi connectivity index (χ1v) is 7.94. The maximum atomic E-state index is 11.9. The average molecular weight is 334 g/mol.